The molecule has 1 aliphatic rings. The first kappa shape index (κ1) is 11.1. The van der Waals surface area contributed by atoms with E-state index in [9.17, 15) is 0 Å². The van der Waals surface area contributed by atoms with Crippen LogP contribution < -0.4 is 4.78 Å². The van der Waals surface area contributed by atoms with Crippen LogP contribution in [0.5, 0.6) is 0 Å². The molecule has 0 bridgehead atoms. The molecule has 0 radical (unpaired) electrons. The largest absolute Gasteiger partial charge is 0.499 e. The second-order valence-electron chi connectivity index (χ2n) is 4.03. The van der Waals surface area contributed by atoms with Gasteiger partial charge in [-0.05, 0) is 38.9 Å². The van der Waals surface area contributed by atoms with Crippen LogP contribution in [0, 0.1) is 0 Å². The third-order valence-corrected chi connectivity index (χ3v) is 4.30. The zero-order chi connectivity index (χ0) is 10.8. The van der Waals surface area contributed by atoms with Crippen molar-refractivity contribution in [2.45, 2.75) is 25.8 Å². The summed E-state index contributed by atoms with van der Waals surface area (Å²) in [5.74, 6) is 0. The summed E-state index contributed by atoms with van der Waals surface area (Å²) in [5, 5.41) is 18.1. The Morgan fingerprint density at radius 1 is 1.33 bits per heavy atom. The fraction of sp³-hybridized carbons (Fsp3) is 0.600. The molecule has 1 aromatic heterocycles. The molecular formula is C10H16BNO2S. The van der Waals surface area contributed by atoms with E-state index in [-0.39, 0.29) is 0 Å². The Morgan fingerprint density at radius 2 is 2.00 bits per heavy atom. The monoisotopic (exact) mass is 225 g/mol. The van der Waals surface area contributed by atoms with Gasteiger partial charge < -0.3 is 10.0 Å². The maximum absolute atomic E-state index is 9.04. The third kappa shape index (κ3) is 2.42. The highest BCUT2D eigenvalue weighted by Crippen LogP contribution is 2.26. The Balaban J connectivity index is 2.07. The molecule has 2 N–H and O–H groups in total. The van der Waals surface area contributed by atoms with E-state index < -0.39 is 7.12 Å². The molecule has 3 nitrogen and oxygen atoms in total. The van der Waals surface area contributed by atoms with Gasteiger partial charge in [0.15, 0.2) is 0 Å². The standard InChI is InChI=1S/C10H16BNO2S/c1-8(12-6-2-3-7-12)9-4-5-10(15-9)11(13)14/h4-5,8,13-14H,2-3,6-7H2,1H3. The van der Waals surface area contributed by atoms with Crippen LogP contribution in [-0.4, -0.2) is 35.2 Å². The van der Waals surface area contributed by atoms with Crippen LogP contribution in [0.25, 0.3) is 0 Å². The minimum Gasteiger partial charge on any atom is -0.423 e. The minimum absolute atomic E-state index is 0.407. The Morgan fingerprint density at radius 3 is 2.53 bits per heavy atom. The van der Waals surface area contributed by atoms with Crippen LogP contribution >= 0.6 is 11.3 Å². The zero-order valence-corrected chi connectivity index (χ0v) is 9.70. The molecule has 0 aliphatic carbocycles. The van der Waals surface area contributed by atoms with E-state index in [1.165, 1.54) is 29.1 Å². The molecule has 0 amide bonds. The van der Waals surface area contributed by atoms with E-state index in [1.807, 2.05) is 6.07 Å². The molecule has 0 spiro atoms. The molecule has 2 rings (SSSR count). The average molecular weight is 225 g/mol. The molecule has 1 atom stereocenters. The molecule has 1 fully saturated rings. The molecule has 15 heavy (non-hydrogen) atoms. The fourth-order valence-corrected chi connectivity index (χ4v) is 3.01. The van der Waals surface area contributed by atoms with Gasteiger partial charge in [-0.15, -0.1) is 11.3 Å². The van der Waals surface area contributed by atoms with E-state index in [4.69, 9.17) is 10.0 Å². The number of likely N-dealkylation sites (tertiary alicyclic amines) is 1. The van der Waals surface area contributed by atoms with Gasteiger partial charge in [0.2, 0.25) is 0 Å². The first-order chi connectivity index (χ1) is 7.18. The molecule has 1 aromatic rings. The van der Waals surface area contributed by atoms with Crippen molar-refractivity contribution in [3.05, 3.63) is 17.0 Å². The second-order valence-corrected chi connectivity index (χ2v) is 5.18. The highest BCUT2D eigenvalue weighted by molar-refractivity contribution is 7.22. The summed E-state index contributed by atoms with van der Waals surface area (Å²) in [4.78, 5) is 3.67. The lowest BCUT2D eigenvalue weighted by Gasteiger charge is -2.22. The summed E-state index contributed by atoms with van der Waals surface area (Å²) < 4.78 is 0.635. The first-order valence-corrected chi connectivity index (χ1v) is 6.20. The van der Waals surface area contributed by atoms with Gasteiger partial charge in [0.25, 0.3) is 0 Å². The van der Waals surface area contributed by atoms with E-state index >= 15 is 0 Å². The van der Waals surface area contributed by atoms with Crippen LogP contribution in [0.15, 0.2) is 12.1 Å². The van der Waals surface area contributed by atoms with Gasteiger partial charge in [-0.25, -0.2) is 0 Å². The van der Waals surface area contributed by atoms with Crippen molar-refractivity contribution >= 4 is 23.2 Å². The fourth-order valence-electron chi connectivity index (χ4n) is 2.04. The molecule has 0 saturated carbocycles. The Kier molecular flexibility index (Phi) is 3.46. The van der Waals surface area contributed by atoms with E-state index in [1.54, 1.807) is 6.07 Å². The van der Waals surface area contributed by atoms with Gasteiger partial charge in [-0.1, -0.05) is 6.07 Å². The predicted molar refractivity (Wildman–Crippen MR) is 63.4 cm³/mol. The van der Waals surface area contributed by atoms with E-state index in [0.29, 0.717) is 10.8 Å². The second kappa shape index (κ2) is 4.66. The van der Waals surface area contributed by atoms with Crippen molar-refractivity contribution < 1.29 is 10.0 Å². The number of hydrogen-bond donors (Lipinski definition) is 2. The molecule has 1 aliphatic heterocycles. The van der Waals surface area contributed by atoms with Crippen LogP contribution in [0.3, 0.4) is 0 Å². The van der Waals surface area contributed by atoms with Crippen molar-refractivity contribution in [2.75, 3.05) is 13.1 Å². The van der Waals surface area contributed by atoms with Gasteiger partial charge >= 0.3 is 7.12 Å². The summed E-state index contributed by atoms with van der Waals surface area (Å²) in [5.41, 5.74) is 0. The smallest absolute Gasteiger partial charge is 0.423 e. The Labute approximate surface area is 94.5 Å². The van der Waals surface area contributed by atoms with Crippen LogP contribution in [0.1, 0.15) is 30.7 Å². The summed E-state index contributed by atoms with van der Waals surface area (Å²) in [6.45, 7) is 4.51. The van der Waals surface area contributed by atoms with Crippen molar-refractivity contribution in [1.29, 1.82) is 0 Å². The minimum atomic E-state index is -1.32. The highest BCUT2D eigenvalue weighted by Gasteiger charge is 2.22. The van der Waals surface area contributed by atoms with Crippen molar-refractivity contribution in [2.24, 2.45) is 0 Å². The SMILES string of the molecule is CC(c1ccc(B(O)O)s1)N1CCCC1. The first-order valence-electron chi connectivity index (χ1n) is 5.38. The van der Waals surface area contributed by atoms with E-state index in [2.05, 4.69) is 11.8 Å². The molecule has 0 aromatic carbocycles. The summed E-state index contributed by atoms with van der Waals surface area (Å²) in [6.07, 6.45) is 2.57. The van der Waals surface area contributed by atoms with Gasteiger partial charge in [0.1, 0.15) is 0 Å². The number of nitrogens with zero attached hydrogens (tertiary/aromatic N) is 1. The highest BCUT2D eigenvalue weighted by atomic mass is 32.1. The number of hydrogen-bond acceptors (Lipinski definition) is 4. The molecule has 82 valence electrons. The average Bonchev–Trinajstić information content (AvgIpc) is 2.88. The van der Waals surface area contributed by atoms with E-state index in [0.717, 1.165) is 13.1 Å². The normalized spacial score (nSPS) is 19.4. The molecular weight excluding hydrogens is 209 g/mol. The van der Waals surface area contributed by atoms with Gasteiger partial charge in [-0.3, -0.25) is 4.90 Å². The molecule has 2 heterocycles. The van der Waals surface area contributed by atoms with Crippen LogP contribution in [0.4, 0.5) is 0 Å². The lowest BCUT2D eigenvalue weighted by Crippen LogP contribution is -2.26. The van der Waals surface area contributed by atoms with Gasteiger partial charge in [0, 0.05) is 15.7 Å². The van der Waals surface area contributed by atoms with Gasteiger partial charge in [0.05, 0.1) is 0 Å². The Bertz CT molecular complexity index is 323. The maximum atomic E-state index is 9.04. The zero-order valence-electron chi connectivity index (χ0n) is 8.89. The van der Waals surface area contributed by atoms with Gasteiger partial charge in [-0.2, -0.15) is 0 Å². The predicted octanol–water partition coefficient (Wildman–Crippen LogP) is 0.585. The number of rotatable bonds is 3. The lowest BCUT2D eigenvalue weighted by molar-refractivity contribution is 0.267. The lowest BCUT2D eigenvalue weighted by atomic mass is 9.90. The summed E-state index contributed by atoms with van der Waals surface area (Å²) in [6, 6.07) is 4.21. The Hall–Kier alpha value is -0.355. The third-order valence-electron chi connectivity index (χ3n) is 3.00. The number of thiophene rings is 1. The molecule has 1 unspecified atom stereocenters. The van der Waals surface area contributed by atoms with Crippen molar-refractivity contribution in [3.63, 3.8) is 0 Å². The van der Waals surface area contributed by atoms with Crippen molar-refractivity contribution in [1.82, 2.24) is 4.90 Å². The summed E-state index contributed by atoms with van der Waals surface area (Å²) >= 11 is 1.49. The van der Waals surface area contributed by atoms with Crippen LogP contribution in [-0.2, 0) is 0 Å². The quantitative estimate of drug-likeness (QED) is 0.740. The van der Waals surface area contributed by atoms with Crippen molar-refractivity contribution in [3.8, 4) is 0 Å². The van der Waals surface area contributed by atoms with Crippen LogP contribution in [0.2, 0.25) is 0 Å². The molecule has 5 heteroatoms. The maximum Gasteiger partial charge on any atom is 0.499 e. The topological polar surface area (TPSA) is 43.7 Å². The molecule has 1 saturated heterocycles. The summed E-state index contributed by atoms with van der Waals surface area (Å²) in [7, 11) is -1.32.